The van der Waals surface area contributed by atoms with Gasteiger partial charge in [0.2, 0.25) is 11.8 Å². The van der Waals surface area contributed by atoms with Gasteiger partial charge in [0.05, 0.1) is 5.41 Å². The molecule has 0 aliphatic carbocycles. The van der Waals surface area contributed by atoms with Crippen LogP contribution in [0.1, 0.15) is 56.9 Å². The van der Waals surface area contributed by atoms with E-state index in [4.69, 9.17) is 0 Å². The Balaban J connectivity index is 1.49. The molecule has 1 aromatic carbocycles. The first-order chi connectivity index (χ1) is 12.2. The number of para-hydroxylation sites is 1. The minimum Gasteiger partial charge on any atom is -0.343 e. The first-order valence-corrected chi connectivity index (χ1v) is 10.5. The highest BCUT2D eigenvalue weighted by atomic mass is 79.9. The molecule has 1 spiro atoms. The lowest BCUT2D eigenvalue weighted by Gasteiger charge is -2.38. The third kappa shape index (κ3) is 3.91. The number of hydrogen-bond acceptors (Lipinski definition) is 2. The summed E-state index contributed by atoms with van der Waals surface area (Å²) in [5, 5.41) is 4.08. The molecule has 2 aliphatic rings. The maximum Gasteiger partial charge on any atom is 0.235 e. The number of rotatable bonds is 7. The monoisotopic (exact) mass is 406 g/mol. The van der Waals surface area contributed by atoms with Crippen molar-refractivity contribution in [3.05, 3.63) is 29.8 Å². The molecule has 0 saturated carbocycles. The summed E-state index contributed by atoms with van der Waals surface area (Å²) in [6.45, 7) is 1.37. The van der Waals surface area contributed by atoms with E-state index in [1.54, 1.807) is 0 Å². The molecule has 1 saturated heterocycles. The van der Waals surface area contributed by atoms with E-state index >= 15 is 0 Å². The first kappa shape index (κ1) is 18.4. The van der Waals surface area contributed by atoms with Gasteiger partial charge in [0, 0.05) is 30.5 Å². The Bertz CT molecular complexity index is 624. The van der Waals surface area contributed by atoms with Crippen LogP contribution in [0.25, 0.3) is 0 Å². The van der Waals surface area contributed by atoms with Gasteiger partial charge in [-0.15, -0.1) is 0 Å². The Kier molecular flexibility index (Phi) is 6.15. The SMILES string of the molecule is O=C(CCCCCCCBr)N1CCC2(CC1)C(=O)Nc1ccccc12. The highest BCUT2D eigenvalue weighted by molar-refractivity contribution is 9.09. The molecular formula is C20H27BrN2O2. The van der Waals surface area contributed by atoms with E-state index in [-0.39, 0.29) is 11.8 Å². The molecule has 1 aromatic rings. The lowest BCUT2D eigenvalue weighted by molar-refractivity contribution is -0.135. The van der Waals surface area contributed by atoms with Crippen LogP contribution in [0.4, 0.5) is 5.69 Å². The second-order valence-corrected chi connectivity index (χ2v) is 7.96. The van der Waals surface area contributed by atoms with Gasteiger partial charge < -0.3 is 10.2 Å². The molecule has 2 heterocycles. The Labute approximate surface area is 158 Å². The normalized spacial score (nSPS) is 18.3. The summed E-state index contributed by atoms with van der Waals surface area (Å²) in [5.74, 6) is 0.356. The number of anilines is 1. The summed E-state index contributed by atoms with van der Waals surface area (Å²) in [5.41, 5.74) is 1.62. The molecule has 25 heavy (non-hydrogen) atoms. The predicted octanol–water partition coefficient (Wildman–Crippen LogP) is 4.23. The Morgan fingerprint density at radius 1 is 1.08 bits per heavy atom. The summed E-state index contributed by atoms with van der Waals surface area (Å²) >= 11 is 3.44. The number of hydrogen-bond donors (Lipinski definition) is 1. The largest absolute Gasteiger partial charge is 0.343 e. The number of unbranched alkanes of at least 4 members (excludes halogenated alkanes) is 4. The molecule has 4 nitrogen and oxygen atoms in total. The molecule has 1 fully saturated rings. The number of piperidine rings is 1. The minimum atomic E-state index is -0.428. The summed E-state index contributed by atoms with van der Waals surface area (Å²) in [4.78, 5) is 27.0. The van der Waals surface area contributed by atoms with Crippen LogP contribution in [-0.2, 0) is 15.0 Å². The number of amides is 2. The van der Waals surface area contributed by atoms with E-state index in [0.29, 0.717) is 19.5 Å². The van der Waals surface area contributed by atoms with E-state index in [1.807, 2.05) is 23.1 Å². The number of halogens is 1. The smallest absolute Gasteiger partial charge is 0.235 e. The van der Waals surface area contributed by atoms with E-state index in [2.05, 4.69) is 27.3 Å². The summed E-state index contributed by atoms with van der Waals surface area (Å²) in [6, 6.07) is 7.97. The van der Waals surface area contributed by atoms with Crippen LogP contribution in [0.5, 0.6) is 0 Å². The van der Waals surface area contributed by atoms with E-state index in [9.17, 15) is 9.59 Å². The van der Waals surface area contributed by atoms with Crippen molar-refractivity contribution in [3.63, 3.8) is 0 Å². The molecule has 0 unspecified atom stereocenters. The van der Waals surface area contributed by atoms with E-state index in [0.717, 1.165) is 42.3 Å². The van der Waals surface area contributed by atoms with Gasteiger partial charge in [-0.25, -0.2) is 0 Å². The third-order valence-electron chi connectivity index (χ3n) is 5.62. The molecule has 3 rings (SSSR count). The molecule has 1 N–H and O–H groups in total. The molecule has 2 amide bonds. The zero-order valence-corrected chi connectivity index (χ0v) is 16.3. The van der Waals surface area contributed by atoms with Crippen LogP contribution >= 0.6 is 15.9 Å². The molecule has 0 radical (unpaired) electrons. The van der Waals surface area contributed by atoms with Crippen molar-refractivity contribution < 1.29 is 9.59 Å². The average molecular weight is 407 g/mol. The number of alkyl halides is 1. The van der Waals surface area contributed by atoms with Crippen molar-refractivity contribution in [2.45, 2.75) is 56.8 Å². The molecule has 0 atom stereocenters. The number of nitrogens with zero attached hydrogens (tertiary/aromatic N) is 1. The fourth-order valence-corrected chi connectivity index (χ4v) is 4.46. The number of fused-ring (bicyclic) bond motifs is 2. The summed E-state index contributed by atoms with van der Waals surface area (Å²) in [6.07, 6.45) is 7.87. The number of nitrogens with one attached hydrogen (secondary N) is 1. The van der Waals surface area contributed by atoms with Crippen LogP contribution in [0, 0.1) is 0 Å². The number of carbonyl (C=O) groups excluding carboxylic acids is 2. The fraction of sp³-hybridized carbons (Fsp3) is 0.600. The quantitative estimate of drug-likeness (QED) is 0.543. The standard InChI is InChI=1S/C20H27BrN2O2/c21-13-7-3-1-2-4-10-18(24)23-14-11-20(12-15-23)16-8-5-6-9-17(16)22-19(20)25/h5-6,8-9H,1-4,7,10-15H2,(H,22,25). The average Bonchev–Trinajstić information content (AvgIpc) is 2.90. The van der Waals surface area contributed by atoms with Gasteiger partial charge in [-0.1, -0.05) is 53.4 Å². The van der Waals surface area contributed by atoms with Gasteiger partial charge in [0.25, 0.3) is 0 Å². The zero-order chi connectivity index (χ0) is 17.7. The molecule has 0 bridgehead atoms. The van der Waals surface area contributed by atoms with Crippen LogP contribution in [0.15, 0.2) is 24.3 Å². The summed E-state index contributed by atoms with van der Waals surface area (Å²) < 4.78 is 0. The fourth-order valence-electron chi connectivity index (χ4n) is 4.07. The van der Waals surface area contributed by atoms with Crippen LogP contribution in [0.3, 0.4) is 0 Å². The Morgan fingerprint density at radius 3 is 2.52 bits per heavy atom. The Hall–Kier alpha value is -1.36. The van der Waals surface area contributed by atoms with Crippen molar-refractivity contribution in [1.82, 2.24) is 4.90 Å². The van der Waals surface area contributed by atoms with Crippen molar-refractivity contribution >= 4 is 33.4 Å². The van der Waals surface area contributed by atoms with Crippen LogP contribution in [-0.4, -0.2) is 35.1 Å². The van der Waals surface area contributed by atoms with Crippen molar-refractivity contribution in [2.24, 2.45) is 0 Å². The highest BCUT2D eigenvalue weighted by Crippen LogP contribution is 2.44. The Morgan fingerprint density at radius 2 is 1.76 bits per heavy atom. The molecule has 5 heteroatoms. The van der Waals surface area contributed by atoms with Crippen LogP contribution in [0.2, 0.25) is 0 Å². The first-order valence-electron chi connectivity index (χ1n) is 9.42. The van der Waals surface area contributed by atoms with E-state index < -0.39 is 5.41 Å². The van der Waals surface area contributed by atoms with Crippen molar-refractivity contribution in [3.8, 4) is 0 Å². The second-order valence-electron chi connectivity index (χ2n) is 7.17. The van der Waals surface area contributed by atoms with Gasteiger partial charge in [-0.3, -0.25) is 9.59 Å². The lowest BCUT2D eigenvalue weighted by Crippen LogP contribution is -2.48. The maximum atomic E-state index is 12.6. The second kappa shape index (κ2) is 8.35. The van der Waals surface area contributed by atoms with Gasteiger partial charge in [0.15, 0.2) is 0 Å². The lowest BCUT2D eigenvalue weighted by atomic mass is 9.73. The van der Waals surface area contributed by atoms with Crippen molar-refractivity contribution in [2.75, 3.05) is 23.7 Å². The molecular weight excluding hydrogens is 380 g/mol. The third-order valence-corrected chi connectivity index (χ3v) is 6.18. The minimum absolute atomic E-state index is 0.104. The highest BCUT2D eigenvalue weighted by Gasteiger charge is 2.48. The molecule has 2 aliphatic heterocycles. The maximum absolute atomic E-state index is 12.6. The van der Waals surface area contributed by atoms with Gasteiger partial charge in [-0.2, -0.15) is 0 Å². The van der Waals surface area contributed by atoms with E-state index in [1.165, 1.54) is 19.3 Å². The van der Waals surface area contributed by atoms with Crippen molar-refractivity contribution in [1.29, 1.82) is 0 Å². The number of benzene rings is 1. The molecule has 136 valence electrons. The predicted molar refractivity (Wildman–Crippen MR) is 104 cm³/mol. The number of likely N-dealkylation sites (tertiary alicyclic amines) is 1. The topological polar surface area (TPSA) is 49.4 Å². The number of carbonyl (C=O) groups is 2. The van der Waals surface area contributed by atoms with Crippen LogP contribution < -0.4 is 5.32 Å². The zero-order valence-electron chi connectivity index (χ0n) is 14.7. The van der Waals surface area contributed by atoms with Gasteiger partial charge >= 0.3 is 0 Å². The summed E-state index contributed by atoms with van der Waals surface area (Å²) in [7, 11) is 0. The molecule has 0 aromatic heterocycles. The van der Waals surface area contributed by atoms with Gasteiger partial charge in [-0.05, 0) is 37.3 Å². The van der Waals surface area contributed by atoms with Gasteiger partial charge in [0.1, 0.15) is 0 Å².